The summed E-state index contributed by atoms with van der Waals surface area (Å²) in [6.45, 7) is 2.12. The number of thiophene rings is 1. The first-order chi connectivity index (χ1) is 13.4. The van der Waals surface area contributed by atoms with E-state index < -0.39 is 10.0 Å². The normalized spacial score (nSPS) is 11.5. The van der Waals surface area contributed by atoms with E-state index in [2.05, 4.69) is 0 Å². The number of nitrogens with zero attached hydrogens (tertiary/aromatic N) is 2. The van der Waals surface area contributed by atoms with Crippen molar-refractivity contribution < 1.29 is 13.2 Å². The number of hydrogen-bond acceptors (Lipinski definition) is 4. The number of carbonyl (C=O) groups is 1. The molecule has 3 rings (SSSR count). The molecular weight excluding hydrogens is 392 g/mol. The van der Waals surface area contributed by atoms with Crippen molar-refractivity contribution in [2.24, 2.45) is 0 Å². The first-order valence-corrected chi connectivity index (χ1v) is 11.1. The zero-order valence-corrected chi connectivity index (χ0v) is 17.4. The lowest BCUT2D eigenvalue weighted by Gasteiger charge is -2.25. The van der Waals surface area contributed by atoms with E-state index in [0.29, 0.717) is 6.54 Å². The summed E-state index contributed by atoms with van der Waals surface area (Å²) in [5, 5.41) is 1.70. The number of carbonyl (C=O) groups excluding carboxylic acids is 1. The predicted molar refractivity (Wildman–Crippen MR) is 113 cm³/mol. The predicted octanol–water partition coefficient (Wildman–Crippen LogP) is 3.91. The Bertz CT molecular complexity index is 1020. The van der Waals surface area contributed by atoms with Gasteiger partial charge < -0.3 is 4.90 Å². The Morgan fingerprint density at radius 1 is 0.964 bits per heavy atom. The lowest BCUT2D eigenvalue weighted by atomic mass is 10.1. The number of sulfonamides is 1. The quantitative estimate of drug-likeness (QED) is 0.589. The van der Waals surface area contributed by atoms with Gasteiger partial charge in [0.2, 0.25) is 5.91 Å². The highest BCUT2D eigenvalue weighted by atomic mass is 32.2. The molecule has 1 amide bonds. The molecule has 0 aliphatic heterocycles. The van der Waals surface area contributed by atoms with Gasteiger partial charge >= 0.3 is 0 Å². The molecule has 0 spiro atoms. The minimum absolute atomic E-state index is 0.229. The van der Waals surface area contributed by atoms with Crippen LogP contribution >= 0.6 is 11.3 Å². The average molecular weight is 415 g/mol. The maximum Gasteiger partial charge on any atom is 0.252 e. The number of rotatable bonds is 7. The van der Waals surface area contributed by atoms with Gasteiger partial charge in [0.1, 0.15) is 4.21 Å². The molecule has 0 bridgehead atoms. The Labute approximate surface area is 169 Å². The van der Waals surface area contributed by atoms with Crippen molar-refractivity contribution in [3.05, 3.63) is 83.2 Å². The van der Waals surface area contributed by atoms with Crippen LogP contribution in [-0.2, 0) is 21.4 Å². The maximum atomic E-state index is 13.1. The molecule has 0 saturated heterocycles. The van der Waals surface area contributed by atoms with Gasteiger partial charge in [0, 0.05) is 12.7 Å². The maximum absolute atomic E-state index is 13.1. The van der Waals surface area contributed by atoms with Crippen molar-refractivity contribution in [3.8, 4) is 0 Å². The van der Waals surface area contributed by atoms with Gasteiger partial charge in [-0.2, -0.15) is 4.31 Å². The molecule has 28 heavy (non-hydrogen) atoms. The summed E-state index contributed by atoms with van der Waals surface area (Å²) < 4.78 is 26.6. The van der Waals surface area contributed by atoms with Crippen LogP contribution in [0.2, 0.25) is 0 Å². The van der Waals surface area contributed by atoms with Gasteiger partial charge in [-0.25, -0.2) is 8.42 Å². The summed E-state index contributed by atoms with van der Waals surface area (Å²) in [5.41, 5.74) is 2.80. The van der Waals surface area contributed by atoms with Crippen LogP contribution in [0.4, 0.5) is 5.69 Å². The van der Waals surface area contributed by atoms with Crippen LogP contribution in [-0.4, -0.2) is 32.2 Å². The Kier molecular flexibility index (Phi) is 6.28. The first-order valence-electron chi connectivity index (χ1n) is 8.79. The van der Waals surface area contributed by atoms with E-state index in [1.54, 1.807) is 22.4 Å². The average Bonchev–Trinajstić information content (AvgIpc) is 3.23. The van der Waals surface area contributed by atoms with Crippen molar-refractivity contribution in [3.63, 3.8) is 0 Å². The molecule has 146 valence electrons. The van der Waals surface area contributed by atoms with Crippen LogP contribution in [0.5, 0.6) is 0 Å². The van der Waals surface area contributed by atoms with Crippen molar-refractivity contribution in [2.75, 3.05) is 18.5 Å². The van der Waals surface area contributed by atoms with Crippen molar-refractivity contribution in [2.45, 2.75) is 17.7 Å². The molecule has 0 aliphatic rings. The van der Waals surface area contributed by atoms with Gasteiger partial charge in [0.15, 0.2) is 0 Å². The molecule has 0 fully saturated rings. The van der Waals surface area contributed by atoms with Crippen LogP contribution in [0.15, 0.2) is 76.3 Å². The van der Waals surface area contributed by atoms with Gasteiger partial charge in [-0.05, 0) is 36.1 Å². The Morgan fingerprint density at radius 2 is 1.64 bits per heavy atom. The van der Waals surface area contributed by atoms with E-state index in [9.17, 15) is 13.2 Å². The third-order valence-electron chi connectivity index (χ3n) is 4.35. The second-order valence-corrected chi connectivity index (χ2v) is 9.71. The van der Waals surface area contributed by atoms with Gasteiger partial charge in [0.25, 0.3) is 10.0 Å². The molecule has 7 heteroatoms. The lowest BCUT2D eigenvalue weighted by molar-refractivity contribution is -0.118. The molecule has 0 unspecified atom stereocenters. The van der Waals surface area contributed by atoms with E-state index in [1.165, 1.54) is 7.05 Å². The van der Waals surface area contributed by atoms with Crippen LogP contribution in [0.1, 0.15) is 11.1 Å². The second-order valence-electron chi connectivity index (χ2n) is 6.49. The molecule has 0 saturated carbocycles. The fourth-order valence-corrected chi connectivity index (χ4v) is 5.06. The van der Waals surface area contributed by atoms with Crippen LogP contribution in [0.25, 0.3) is 0 Å². The van der Waals surface area contributed by atoms with Gasteiger partial charge in [-0.1, -0.05) is 54.1 Å². The van der Waals surface area contributed by atoms with Crippen molar-refractivity contribution in [1.29, 1.82) is 0 Å². The molecule has 3 aromatic rings. The highest BCUT2D eigenvalue weighted by Crippen LogP contribution is 2.22. The summed E-state index contributed by atoms with van der Waals surface area (Å²) in [4.78, 5) is 14.7. The summed E-state index contributed by atoms with van der Waals surface area (Å²) in [5.74, 6) is -0.282. The highest BCUT2D eigenvalue weighted by Gasteiger charge is 2.26. The number of anilines is 1. The number of amides is 1. The van der Waals surface area contributed by atoms with Gasteiger partial charge in [-0.3, -0.25) is 4.79 Å². The lowest BCUT2D eigenvalue weighted by Crippen LogP contribution is -2.40. The smallest absolute Gasteiger partial charge is 0.252 e. The summed E-state index contributed by atoms with van der Waals surface area (Å²) in [6, 6.07) is 20.5. The molecule has 0 radical (unpaired) electrons. The standard InChI is InChI=1S/C21H22N2O3S2/c1-17-10-12-19(13-11-17)23(15-18-7-4-3-5-8-18)20(24)16-22(2)28(25,26)21-9-6-14-27-21/h3-14H,15-16H2,1-2H3. The van der Waals surface area contributed by atoms with E-state index in [0.717, 1.165) is 32.5 Å². The summed E-state index contributed by atoms with van der Waals surface area (Å²) >= 11 is 1.14. The minimum Gasteiger partial charge on any atom is -0.307 e. The monoisotopic (exact) mass is 414 g/mol. The Morgan fingerprint density at radius 3 is 2.25 bits per heavy atom. The summed E-state index contributed by atoms with van der Waals surface area (Å²) in [6.07, 6.45) is 0. The molecule has 5 nitrogen and oxygen atoms in total. The molecule has 0 atom stereocenters. The number of benzene rings is 2. The Hall–Kier alpha value is -2.48. The fraction of sp³-hybridized carbons (Fsp3) is 0.190. The van der Waals surface area contributed by atoms with E-state index in [-0.39, 0.29) is 16.7 Å². The fourth-order valence-electron chi connectivity index (χ4n) is 2.74. The molecule has 0 N–H and O–H groups in total. The van der Waals surface area contributed by atoms with Crippen LogP contribution < -0.4 is 4.90 Å². The SMILES string of the molecule is Cc1ccc(N(Cc2ccccc2)C(=O)CN(C)S(=O)(=O)c2cccs2)cc1. The van der Waals surface area contributed by atoms with Crippen molar-refractivity contribution in [1.82, 2.24) is 4.31 Å². The van der Waals surface area contributed by atoms with Gasteiger partial charge in [-0.15, -0.1) is 11.3 Å². The van der Waals surface area contributed by atoms with E-state index in [4.69, 9.17) is 0 Å². The second kappa shape index (κ2) is 8.68. The van der Waals surface area contributed by atoms with E-state index in [1.807, 2.05) is 61.5 Å². The van der Waals surface area contributed by atoms with Gasteiger partial charge in [0.05, 0.1) is 13.1 Å². The largest absolute Gasteiger partial charge is 0.307 e. The third-order valence-corrected chi connectivity index (χ3v) is 7.52. The molecule has 0 aliphatic carbocycles. The zero-order valence-electron chi connectivity index (χ0n) is 15.8. The molecule has 1 heterocycles. The topological polar surface area (TPSA) is 57.7 Å². The zero-order chi connectivity index (χ0) is 20.1. The number of aryl methyl sites for hydroxylation is 1. The highest BCUT2D eigenvalue weighted by molar-refractivity contribution is 7.91. The van der Waals surface area contributed by atoms with Crippen molar-refractivity contribution >= 4 is 33.0 Å². The van der Waals surface area contributed by atoms with E-state index >= 15 is 0 Å². The number of likely N-dealkylation sites (N-methyl/N-ethyl adjacent to an activating group) is 1. The summed E-state index contributed by atoms with van der Waals surface area (Å²) in [7, 11) is -2.25. The minimum atomic E-state index is -3.68. The number of hydrogen-bond donors (Lipinski definition) is 0. The Balaban J connectivity index is 1.84. The molecule has 1 aromatic heterocycles. The molecular formula is C21H22N2O3S2. The van der Waals surface area contributed by atoms with Crippen LogP contribution in [0, 0.1) is 6.92 Å². The van der Waals surface area contributed by atoms with Crippen LogP contribution in [0.3, 0.4) is 0 Å². The first kappa shape index (κ1) is 20.3. The molecule has 2 aromatic carbocycles. The third kappa shape index (κ3) is 4.67.